The highest BCUT2D eigenvalue weighted by Gasteiger charge is 2.34. The summed E-state index contributed by atoms with van der Waals surface area (Å²) in [6.45, 7) is 6.54. The van der Waals surface area contributed by atoms with E-state index in [0.717, 1.165) is 31.4 Å². The van der Waals surface area contributed by atoms with Crippen LogP contribution >= 0.6 is 0 Å². The molecule has 2 bridgehead atoms. The highest BCUT2D eigenvalue weighted by Crippen LogP contribution is 2.32. The number of fused-ring (bicyclic) bond motifs is 5. The van der Waals surface area contributed by atoms with E-state index in [9.17, 15) is 0 Å². The summed E-state index contributed by atoms with van der Waals surface area (Å²) >= 11 is 0. The average Bonchev–Trinajstić information content (AvgIpc) is 2.97. The summed E-state index contributed by atoms with van der Waals surface area (Å²) in [5.41, 5.74) is 1.41. The molecule has 2 aromatic carbocycles. The van der Waals surface area contributed by atoms with E-state index >= 15 is 0 Å². The summed E-state index contributed by atoms with van der Waals surface area (Å²) < 4.78 is 10.9. The lowest BCUT2D eigenvalue weighted by Gasteiger charge is -2.35. The fraction of sp³-hybridized carbons (Fsp3) is 0.545. The monoisotopic (exact) mass is 354 g/mol. The predicted octanol–water partition coefficient (Wildman–Crippen LogP) is 3.39. The molecular formula is C22H30N2O2. The molecule has 4 nitrogen and oxygen atoms in total. The fourth-order valence-electron chi connectivity index (χ4n) is 4.78. The molecule has 4 heteroatoms. The standard InChI is InChI=1S/C22H30N2O2/c1-25-12-11-24-14-17-7-9-19(24)16-23(13-17)15-18-8-10-22(26-2)21-6-4-3-5-20(18)21/h3-6,8,10,17,19H,7,9,11-16H2,1-2H3/t17-,19+/m1/s1. The number of ether oxygens (including phenoxy) is 2. The number of hydrogen-bond acceptors (Lipinski definition) is 4. The van der Waals surface area contributed by atoms with Crippen LogP contribution in [-0.4, -0.2) is 62.8 Å². The van der Waals surface area contributed by atoms with Gasteiger partial charge in [-0.25, -0.2) is 0 Å². The molecule has 140 valence electrons. The van der Waals surface area contributed by atoms with Crippen LogP contribution in [-0.2, 0) is 11.3 Å². The number of benzene rings is 2. The maximum absolute atomic E-state index is 5.56. The molecule has 26 heavy (non-hydrogen) atoms. The van der Waals surface area contributed by atoms with Crippen LogP contribution < -0.4 is 4.74 Å². The van der Waals surface area contributed by atoms with Gasteiger partial charge in [-0.15, -0.1) is 0 Å². The molecule has 3 fully saturated rings. The van der Waals surface area contributed by atoms with Crippen LogP contribution in [0.25, 0.3) is 10.8 Å². The Bertz CT molecular complexity index is 748. The Morgan fingerprint density at radius 3 is 2.62 bits per heavy atom. The van der Waals surface area contributed by atoms with Crippen LogP contribution in [0.4, 0.5) is 0 Å². The molecule has 0 saturated carbocycles. The van der Waals surface area contributed by atoms with Crippen LogP contribution in [0.1, 0.15) is 18.4 Å². The summed E-state index contributed by atoms with van der Waals surface area (Å²) in [4.78, 5) is 5.33. The molecule has 0 radical (unpaired) electrons. The molecule has 3 heterocycles. The first-order chi connectivity index (χ1) is 12.8. The number of methoxy groups -OCH3 is 2. The van der Waals surface area contributed by atoms with Gasteiger partial charge in [-0.1, -0.05) is 30.3 Å². The van der Waals surface area contributed by atoms with E-state index < -0.39 is 0 Å². The van der Waals surface area contributed by atoms with Gasteiger partial charge in [0.25, 0.3) is 0 Å². The number of nitrogens with zero attached hydrogens (tertiary/aromatic N) is 2. The third kappa shape index (κ3) is 3.59. The molecule has 0 aromatic heterocycles. The normalized spacial score (nSPS) is 24.1. The third-order valence-electron chi connectivity index (χ3n) is 6.07. The minimum absolute atomic E-state index is 0.674. The molecule has 0 N–H and O–H groups in total. The van der Waals surface area contributed by atoms with Gasteiger partial charge in [-0.3, -0.25) is 9.80 Å². The first-order valence-corrected chi connectivity index (χ1v) is 9.78. The van der Waals surface area contributed by atoms with Gasteiger partial charge < -0.3 is 9.47 Å². The van der Waals surface area contributed by atoms with Crippen molar-refractivity contribution in [3.63, 3.8) is 0 Å². The van der Waals surface area contributed by atoms with Crippen LogP contribution in [0.15, 0.2) is 36.4 Å². The van der Waals surface area contributed by atoms with E-state index in [2.05, 4.69) is 46.2 Å². The highest BCUT2D eigenvalue weighted by atomic mass is 16.5. The van der Waals surface area contributed by atoms with Gasteiger partial charge in [0.15, 0.2) is 0 Å². The van der Waals surface area contributed by atoms with Crippen molar-refractivity contribution in [2.24, 2.45) is 5.92 Å². The van der Waals surface area contributed by atoms with E-state index in [0.29, 0.717) is 6.04 Å². The van der Waals surface area contributed by atoms with Crippen molar-refractivity contribution in [3.8, 4) is 5.75 Å². The Morgan fingerprint density at radius 1 is 0.962 bits per heavy atom. The maximum atomic E-state index is 5.56. The molecule has 0 amide bonds. The quantitative estimate of drug-likeness (QED) is 0.794. The molecular weight excluding hydrogens is 324 g/mol. The zero-order valence-corrected chi connectivity index (χ0v) is 16.0. The Kier molecular flexibility index (Phi) is 5.44. The zero-order valence-electron chi connectivity index (χ0n) is 16.0. The van der Waals surface area contributed by atoms with Gasteiger partial charge in [-0.2, -0.15) is 0 Å². The lowest BCUT2D eigenvalue weighted by Crippen LogP contribution is -2.45. The van der Waals surface area contributed by atoms with Gasteiger partial charge in [0.05, 0.1) is 13.7 Å². The average molecular weight is 354 g/mol. The summed E-state index contributed by atoms with van der Waals surface area (Å²) in [7, 11) is 3.56. The fourth-order valence-corrected chi connectivity index (χ4v) is 4.78. The molecule has 5 rings (SSSR count). The summed E-state index contributed by atoms with van der Waals surface area (Å²) in [6.07, 6.45) is 2.70. The van der Waals surface area contributed by atoms with Gasteiger partial charge >= 0.3 is 0 Å². The Morgan fingerprint density at radius 2 is 1.81 bits per heavy atom. The minimum atomic E-state index is 0.674. The molecule has 0 spiro atoms. The van der Waals surface area contributed by atoms with E-state index in [1.54, 1.807) is 14.2 Å². The maximum Gasteiger partial charge on any atom is 0.126 e. The smallest absolute Gasteiger partial charge is 0.126 e. The van der Waals surface area contributed by atoms with Crippen molar-refractivity contribution in [2.75, 3.05) is 47.0 Å². The van der Waals surface area contributed by atoms with Crippen molar-refractivity contribution in [1.29, 1.82) is 0 Å². The lowest BCUT2D eigenvalue weighted by molar-refractivity contribution is 0.0867. The van der Waals surface area contributed by atoms with Gasteiger partial charge in [-0.05, 0) is 35.8 Å². The van der Waals surface area contributed by atoms with Crippen LogP contribution in [0.3, 0.4) is 0 Å². The Hall–Kier alpha value is -1.62. The SMILES string of the molecule is COCCN1C[C@@H]2CC[C@H]1CN(Cc1ccc(OC)c3ccccc13)C2. The molecule has 3 saturated heterocycles. The summed E-state index contributed by atoms with van der Waals surface area (Å²) in [5.74, 6) is 1.75. The third-order valence-corrected chi connectivity index (χ3v) is 6.07. The second-order valence-corrected chi connectivity index (χ2v) is 7.75. The molecule has 3 aliphatic rings. The first kappa shape index (κ1) is 17.8. The van der Waals surface area contributed by atoms with Crippen molar-refractivity contribution in [3.05, 3.63) is 42.0 Å². The molecule has 0 unspecified atom stereocenters. The van der Waals surface area contributed by atoms with Crippen LogP contribution in [0.2, 0.25) is 0 Å². The lowest BCUT2D eigenvalue weighted by atomic mass is 9.95. The van der Waals surface area contributed by atoms with Gasteiger partial charge in [0, 0.05) is 51.3 Å². The van der Waals surface area contributed by atoms with E-state index in [1.807, 2.05) is 0 Å². The van der Waals surface area contributed by atoms with Gasteiger partial charge in [0.2, 0.25) is 0 Å². The Balaban J connectivity index is 1.54. The van der Waals surface area contributed by atoms with Crippen molar-refractivity contribution >= 4 is 10.8 Å². The molecule has 2 aromatic rings. The summed E-state index contributed by atoms with van der Waals surface area (Å²) in [5, 5.41) is 2.53. The van der Waals surface area contributed by atoms with Crippen LogP contribution in [0.5, 0.6) is 5.75 Å². The van der Waals surface area contributed by atoms with E-state index in [-0.39, 0.29) is 0 Å². The Labute approximate surface area is 156 Å². The molecule has 2 atom stereocenters. The first-order valence-electron chi connectivity index (χ1n) is 9.78. The number of hydrogen-bond donors (Lipinski definition) is 0. The second-order valence-electron chi connectivity index (χ2n) is 7.75. The number of rotatable bonds is 6. The van der Waals surface area contributed by atoms with Crippen molar-refractivity contribution < 1.29 is 9.47 Å². The largest absolute Gasteiger partial charge is 0.496 e. The minimum Gasteiger partial charge on any atom is -0.496 e. The topological polar surface area (TPSA) is 24.9 Å². The zero-order chi connectivity index (χ0) is 17.9. The van der Waals surface area contributed by atoms with Crippen LogP contribution in [0, 0.1) is 5.92 Å². The van der Waals surface area contributed by atoms with E-state index in [4.69, 9.17) is 9.47 Å². The second kappa shape index (κ2) is 7.95. The highest BCUT2D eigenvalue weighted by molar-refractivity contribution is 5.91. The van der Waals surface area contributed by atoms with E-state index in [1.165, 1.54) is 48.8 Å². The van der Waals surface area contributed by atoms with Crippen molar-refractivity contribution in [1.82, 2.24) is 9.80 Å². The summed E-state index contributed by atoms with van der Waals surface area (Å²) in [6, 6.07) is 13.7. The van der Waals surface area contributed by atoms with Gasteiger partial charge in [0.1, 0.15) is 5.75 Å². The number of piperidine rings is 1. The molecule has 3 aliphatic heterocycles. The van der Waals surface area contributed by atoms with Crippen molar-refractivity contribution in [2.45, 2.75) is 25.4 Å². The molecule has 0 aliphatic carbocycles. The predicted molar refractivity (Wildman–Crippen MR) is 106 cm³/mol.